The highest BCUT2D eigenvalue weighted by molar-refractivity contribution is 5.75. The fourth-order valence-corrected chi connectivity index (χ4v) is 4.28. The molecule has 1 atom stereocenters. The summed E-state index contributed by atoms with van der Waals surface area (Å²) >= 11 is 0. The van der Waals surface area contributed by atoms with E-state index < -0.39 is 11.7 Å². The Balaban J connectivity index is 1.88. The van der Waals surface area contributed by atoms with Crippen LogP contribution in [0.25, 0.3) is 0 Å². The van der Waals surface area contributed by atoms with Gasteiger partial charge in [-0.05, 0) is 60.3 Å². The van der Waals surface area contributed by atoms with Crippen LogP contribution in [0.2, 0.25) is 0 Å². The lowest BCUT2D eigenvalue weighted by molar-refractivity contribution is -0.122. The second-order valence-corrected chi connectivity index (χ2v) is 8.87. The summed E-state index contributed by atoms with van der Waals surface area (Å²) in [5.74, 6) is 1.38. The molecular weight excluding hydrogens is 468 g/mol. The highest BCUT2D eigenvalue weighted by atomic mass is 16.5. The Morgan fingerprint density at radius 1 is 0.838 bits per heavy atom. The van der Waals surface area contributed by atoms with Gasteiger partial charge in [-0.1, -0.05) is 61.0 Å². The molecule has 0 bridgehead atoms. The Kier molecular flexibility index (Phi) is 11.0. The normalized spacial score (nSPS) is 12.1. The van der Waals surface area contributed by atoms with E-state index in [4.69, 9.17) is 19.9 Å². The first-order valence-corrected chi connectivity index (χ1v) is 12.7. The lowest BCUT2D eigenvalue weighted by atomic mass is 9.80. The SMILES string of the molecule is COc1ccc(C(OCC(O)CNC(=O)CCCCCN)(c2ccccc2)c2ccc(OC)cc2)cc1. The van der Waals surface area contributed by atoms with E-state index in [2.05, 4.69) is 5.32 Å². The van der Waals surface area contributed by atoms with E-state index in [-0.39, 0.29) is 19.1 Å². The lowest BCUT2D eigenvalue weighted by Crippen LogP contribution is -2.39. The fraction of sp³-hybridized carbons (Fsp3) is 0.367. The quantitative estimate of drug-likeness (QED) is 0.213. The molecule has 0 fully saturated rings. The second kappa shape index (κ2) is 14.4. The zero-order valence-electron chi connectivity index (χ0n) is 21.7. The van der Waals surface area contributed by atoms with E-state index in [1.54, 1.807) is 14.2 Å². The van der Waals surface area contributed by atoms with Gasteiger partial charge in [0.25, 0.3) is 0 Å². The molecule has 0 spiro atoms. The summed E-state index contributed by atoms with van der Waals surface area (Å²) in [4.78, 5) is 12.2. The number of methoxy groups -OCH3 is 2. The topological polar surface area (TPSA) is 103 Å². The van der Waals surface area contributed by atoms with Gasteiger partial charge in [0.05, 0.1) is 26.9 Å². The van der Waals surface area contributed by atoms with Gasteiger partial charge >= 0.3 is 0 Å². The summed E-state index contributed by atoms with van der Waals surface area (Å²) in [5, 5.41) is 13.6. The molecular formula is C30H38N2O5. The molecule has 0 aliphatic heterocycles. The van der Waals surface area contributed by atoms with Gasteiger partial charge in [-0.2, -0.15) is 0 Å². The van der Waals surface area contributed by atoms with Gasteiger partial charge in [-0.3, -0.25) is 4.79 Å². The minimum atomic E-state index is -1.02. The molecule has 0 saturated heterocycles. The van der Waals surface area contributed by atoms with Crippen LogP contribution < -0.4 is 20.5 Å². The minimum absolute atomic E-state index is 0.000403. The summed E-state index contributed by atoms with van der Waals surface area (Å²) in [6, 6.07) is 25.3. The van der Waals surface area contributed by atoms with Crippen molar-refractivity contribution in [1.82, 2.24) is 5.32 Å². The van der Waals surface area contributed by atoms with Crippen LogP contribution in [0.5, 0.6) is 11.5 Å². The molecule has 0 saturated carbocycles. The number of rotatable bonds is 15. The molecule has 0 radical (unpaired) electrons. The van der Waals surface area contributed by atoms with Crippen LogP contribution in [0.1, 0.15) is 42.4 Å². The predicted octanol–water partition coefficient (Wildman–Crippen LogP) is 4.01. The number of unbranched alkanes of at least 4 members (excludes halogenated alkanes) is 2. The number of nitrogens with one attached hydrogen (secondary N) is 1. The molecule has 198 valence electrons. The van der Waals surface area contributed by atoms with E-state index >= 15 is 0 Å². The second-order valence-electron chi connectivity index (χ2n) is 8.87. The largest absolute Gasteiger partial charge is 0.497 e. The standard InChI is InChI=1S/C30H38N2O5/c1-35-27-16-12-24(13-17-27)30(23-9-5-3-6-10-23,25-14-18-28(36-2)19-15-25)37-22-26(33)21-32-29(34)11-7-4-8-20-31/h3,5-6,9-10,12-19,26,33H,4,7-8,11,20-22,31H2,1-2H3,(H,32,34). The highest BCUT2D eigenvalue weighted by Crippen LogP contribution is 2.41. The van der Waals surface area contributed by atoms with Gasteiger partial charge in [0.1, 0.15) is 17.1 Å². The number of hydrogen-bond donors (Lipinski definition) is 3. The van der Waals surface area contributed by atoms with Gasteiger partial charge in [-0.15, -0.1) is 0 Å². The Hall–Kier alpha value is -3.39. The molecule has 0 aliphatic rings. The van der Waals surface area contributed by atoms with E-state index in [0.29, 0.717) is 13.0 Å². The van der Waals surface area contributed by atoms with Gasteiger partial charge in [0.2, 0.25) is 5.91 Å². The number of amides is 1. The first-order chi connectivity index (χ1) is 18.0. The van der Waals surface area contributed by atoms with Gasteiger partial charge < -0.3 is 30.4 Å². The molecule has 7 heteroatoms. The highest BCUT2D eigenvalue weighted by Gasteiger charge is 2.38. The molecule has 37 heavy (non-hydrogen) atoms. The number of carbonyl (C=O) groups is 1. The number of nitrogens with two attached hydrogens (primary N) is 1. The predicted molar refractivity (Wildman–Crippen MR) is 145 cm³/mol. The number of aliphatic hydroxyl groups is 1. The molecule has 4 N–H and O–H groups in total. The van der Waals surface area contributed by atoms with Crippen molar-refractivity contribution in [3.63, 3.8) is 0 Å². The first kappa shape index (κ1) is 28.2. The van der Waals surface area contributed by atoms with E-state index in [1.165, 1.54) is 0 Å². The van der Waals surface area contributed by atoms with Crippen molar-refractivity contribution in [1.29, 1.82) is 0 Å². The molecule has 1 amide bonds. The van der Waals surface area contributed by atoms with Crippen LogP contribution in [0, 0.1) is 0 Å². The van der Waals surface area contributed by atoms with Crippen LogP contribution >= 0.6 is 0 Å². The van der Waals surface area contributed by atoms with Crippen LogP contribution in [0.15, 0.2) is 78.9 Å². The molecule has 7 nitrogen and oxygen atoms in total. The van der Waals surface area contributed by atoms with Crippen molar-refractivity contribution in [2.45, 2.75) is 37.4 Å². The third-order valence-corrected chi connectivity index (χ3v) is 6.31. The van der Waals surface area contributed by atoms with Crippen LogP contribution in [0.3, 0.4) is 0 Å². The Bertz CT molecular complexity index is 1020. The first-order valence-electron chi connectivity index (χ1n) is 12.7. The summed E-state index contributed by atoms with van der Waals surface area (Å²) in [5.41, 5.74) is 7.14. The average Bonchev–Trinajstić information content (AvgIpc) is 2.95. The van der Waals surface area contributed by atoms with Crippen LogP contribution in [-0.4, -0.2) is 51.0 Å². The molecule has 0 aromatic heterocycles. The van der Waals surface area contributed by atoms with Crippen molar-refractivity contribution in [3.05, 3.63) is 95.6 Å². The Labute approximate surface area is 219 Å². The number of ether oxygens (including phenoxy) is 3. The molecule has 0 aliphatic carbocycles. The summed E-state index contributed by atoms with van der Waals surface area (Å²) in [6.07, 6.45) is 2.12. The van der Waals surface area contributed by atoms with Crippen molar-refractivity contribution in [3.8, 4) is 11.5 Å². The summed E-state index contributed by atoms with van der Waals surface area (Å²) in [6.45, 7) is 0.732. The molecule has 0 heterocycles. The average molecular weight is 507 g/mol. The van der Waals surface area contributed by atoms with Crippen LogP contribution in [0.4, 0.5) is 0 Å². The molecule has 3 aromatic rings. The smallest absolute Gasteiger partial charge is 0.220 e. The summed E-state index contributed by atoms with van der Waals surface area (Å²) < 4.78 is 17.4. The molecule has 3 rings (SSSR count). The van der Waals surface area contributed by atoms with Crippen molar-refractivity contribution in [2.75, 3.05) is 33.9 Å². The number of carbonyl (C=O) groups excluding carboxylic acids is 1. The van der Waals surface area contributed by atoms with E-state index in [1.807, 2.05) is 78.9 Å². The maximum atomic E-state index is 12.2. The number of aliphatic hydroxyl groups excluding tert-OH is 1. The van der Waals surface area contributed by atoms with Gasteiger partial charge in [-0.25, -0.2) is 0 Å². The van der Waals surface area contributed by atoms with Gasteiger partial charge in [0.15, 0.2) is 0 Å². The fourth-order valence-electron chi connectivity index (χ4n) is 4.28. The van der Waals surface area contributed by atoms with Crippen molar-refractivity contribution < 1.29 is 24.1 Å². The van der Waals surface area contributed by atoms with Crippen LogP contribution in [-0.2, 0) is 15.1 Å². The lowest BCUT2D eigenvalue weighted by Gasteiger charge is -2.36. The molecule has 3 aromatic carbocycles. The zero-order valence-corrected chi connectivity index (χ0v) is 21.7. The third-order valence-electron chi connectivity index (χ3n) is 6.31. The zero-order chi connectivity index (χ0) is 26.5. The maximum Gasteiger partial charge on any atom is 0.220 e. The minimum Gasteiger partial charge on any atom is -0.497 e. The summed E-state index contributed by atoms with van der Waals surface area (Å²) in [7, 11) is 3.25. The van der Waals surface area contributed by atoms with Gasteiger partial charge in [0, 0.05) is 13.0 Å². The van der Waals surface area contributed by atoms with Crippen molar-refractivity contribution >= 4 is 5.91 Å². The third kappa shape index (κ3) is 7.55. The Morgan fingerprint density at radius 2 is 1.38 bits per heavy atom. The van der Waals surface area contributed by atoms with E-state index in [0.717, 1.165) is 47.5 Å². The van der Waals surface area contributed by atoms with Crippen molar-refractivity contribution in [2.24, 2.45) is 5.73 Å². The number of hydrogen-bond acceptors (Lipinski definition) is 6. The number of benzene rings is 3. The van der Waals surface area contributed by atoms with E-state index in [9.17, 15) is 9.90 Å². The maximum absolute atomic E-state index is 12.2. The Morgan fingerprint density at radius 3 is 1.89 bits per heavy atom. The monoisotopic (exact) mass is 506 g/mol. The molecule has 1 unspecified atom stereocenters.